The van der Waals surface area contributed by atoms with Gasteiger partial charge >= 0.3 is 0 Å². The van der Waals surface area contributed by atoms with Gasteiger partial charge in [0.1, 0.15) is 5.84 Å². The second-order valence-corrected chi connectivity index (χ2v) is 5.13. The molecular weight excluding hydrogens is 266 g/mol. The van der Waals surface area contributed by atoms with Gasteiger partial charge in [0.15, 0.2) is 0 Å². The van der Waals surface area contributed by atoms with Crippen molar-refractivity contribution in [2.75, 3.05) is 11.9 Å². The molecule has 0 spiro atoms. The fourth-order valence-electron chi connectivity index (χ4n) is 1.93. The lowest BCUT2D eigenvalue weighted by Crippen LogP contribution is -2.37. The molecule has 2 rings (SSSR count). The van der Waals surface area contributed by atoms with Crippen LogP contribution in [0.1, 0.15) is 24.8 Å². The minimum atomic E-state index is 0.102. The number of nitrogens with one attached hydrogen (secondary N) is 1. The monoisotopic (exact) mass is 281 g/mol. The Morgan fingerprint density at radius 1 is 1.50 bits per heavy atom. The summed E-state index contributed by atoms with van der Waals surface area (Å²) in [5.74, 6) is 0.102. The molecule has 0 radical (unpaired) electrons. The number of nitrogens with zero attached hydrogens (tertiary/aromatic N) is 1. The van der Waals surface area contributed by atoms with Gasteiger partial charge in [-0.1, -0.05) is 0 Å². The molecule has 1 saturated carbocycles. The topological polar surface area (TPSA) is 53.1 Å². The molecule has 1 fully saturated rings. The first-order chi connectivity index (χ1) is 7.59. The largest absolute Gasteiger partial charge is 0.384 e. The number of hydrogen-bond donors (Lipinski definition) is 2. The summed E-state index contributed by atoms with van der Waals surface area (Å²) in [6.45, 7) is 0. The first-order valence-corrected chi connectivity index (χ1v) is 6.25. The molecule has 0 saturated heterocycles. The average Bonchev–Trinajstić information content (AvgIpc) is 2.14. The number of halogens is 1. The summed E-state index contributed by atoms with van der Waals surface area (Å²) in [4.78, 5) is 2.30. The number of hydrogen-bond acceptors (Lipinski definition) is 2. The van der Waals surface area contributed by atoms with Crippen LogP contribution in [0.3, 0.4) is 0 Å². The van der Waals surface area contributed by atoms with Crippen molar-refractivity contribution in [3.8, 4) is 0 Å². The lowest BCUT2D eigenvalue weighted by molar-refractivity contribution is 0.401. The van der Waals surface area contributed by atoms with Gasteiger partial charge in [-0.25, -0.2) is 0 Å². The predicted octanol–water partition coefficient (Wildman–Crippen LogP) is 2.72. The number of nitrogens with two attached hydrogens (primary N) is 1. The summed E-state index contributed by atoms with van der Waals surface area (Å²) >= 11 is 3.46. The van der Waals surface area contributed by atoms with E-state index in [0.717, 1.165) is 10.0 Å². The summed E-state index contributed by atoms with van der Waals surface area (Å²) in [6, 6.07) is 6.64. The van der Waals surface area contributed by atoms with Gasteiger partial charge in [0.25, 0.3) is 0 Å². The van der Waals surface area contributed by atoms with Crippen LogP contribution in [-0.2, 0) is 0 Å². The molecule has 16 heavy (non-hydrogen) atoms. The van der Waals surface area contributed by atoms with Crippen LogP contribution in [0.25, 0.3) is 0 Å². The summed E-state index contributed by atoms with van der Waals surface area (Å²) in [6.07, 6.45) is 3.90. The average molecular weight is 282 g/mol. The van der Waals surface area contributed by atoms with E-state index < -0.39 is 0 Å². The van der Waals surface area contributed by atoms with Gasteiger partial charge in [-0.05, 0) is 53.4 Å². The molecule has 1 aromatic carbocycles. The van der Waals surface area contributed by atoms with Crippen LogP contribution in [0.15, 0.2) is 22.7 Å². The zero-order chi connectivity index (χ0) is 11.7. The van der Waals surface area contributed by atoms with E-state index in [4.69, 9.17) is 11.1 Å². The van der Waals surface area contributed by atoms with Crippen molar-refractivity contribution in [3.63, 3.8) is 0 Å². The molecule has 0 aliphatic heterocycles. The van der Waals surface area contributed by atoms with Crippen molar-refractivity contribution >= 4 is 27.5 Å². The maximum Gasteiger partial charge on any atom is 0.123 e. The highest BCUT2D eigenvalue weighted by Gasteiger charge is 2.22. The first kappa shape index (κ1) is 11.5. The summed E-state index contributed by atoms with van der Waals surface area (Å²) in [5.41, 5.74) is 7.41. The van der Waals surface area contributed by atoms with Crippen molar-refractivity contribution in [1.82, 2.24) is 0 Å². The molecule has 1 aromatic rings. The van der Waals surface area contributed by atoms with Crippen LogP contribution in [0.2, 0.25) is 0 Å². The molecule has 86 valence electrons. The maximum atomic E-state index is 7.42. The van der Waals surface area contributed by atoms with Crippen LogP contribution in [0.4, 0.5) is 5.69 Å². The van der Waals surface area contributed by atoms with Crippen LogP contribution in [0.5, 0.6) is 0 Å². The highest BCUT2D eigenvalue weighted by molar-refractivity contribution is 9.10. The smallest absolute Gasteiger partial charge is 0.123 e. The van der Waals surface area contributed by atoms with Crippen molar-refractivity contribution in [1.29, 1.82) is 5.41 Å². The van der Waals surface area contributed by atoms with Crippen LogP contribution in [-0.4, -0.2) is 18.9 Å². The van der Waals surface area contributed by atoms with Gasteiger partial charge in [0.2, 0.25) is 0 Å². The highest BCUT2D eigenvalue weighted by Crippen LogP contribution is 2.30. The van der Waals surface area contributed by atoms with Gasteiger partial charge in [-0.2, -0.15) is 0 Å². The van der Waals surface area contributed by atoms with Gasteiger partial charge in [-0.3, -0.25) is 5.41 Å². The molecule has 0 amide bonds. The quantitative estimate of drug-likeness (QED) is 0.661. The van der Waals surface area contributed by atoms with E-state index in [0.29, 0.717) is 6.04 Å². The van der Waals surface area contributed by atoms with Gasteiger partial charge in [0, 0.05) is 28.8 Å². The van der Waals surface area contributed by atoms with Crippen LogP contribution in [0, 0.1) is 5.41 Å². The second kappa shape index (κ2) is 4.45. The van der Waals surface area contributed by atoms with E-state index >= 15 is 0 Å². The Balaban J connectivity index is 2.22. The SMILES string of the molecule is CN(c1ccc(C(=N)N)c(Br)c1)C1CCC1. The van der Waals surface area contributed by atoms with E-state index in [1.807, 2.05) is 18.2 Å². The first-order valence-electron chi connectivity index (χ1n) is 5.46. The Labute approximate surface area is 104 Å². The molecule has 3 nitrogen and oxygen atoms in total. The molecule has 4 heteroatoms. The number of benzene rings is 1. The summed E-state index contributed by atoms with van der Waals surface area (Å²) < 4.78 is 0.892. The van der Waals surface area contributed by atoms with Crippen molar-refractivity contribution in [2.45, 2.75) is 25.3 Å². The van der Waals surface area contributed by atoms with Gasteiger partial charge in [0.05, 0.1) is 0 Å². The minimum absolute atomic E-state index is 0.102. The standard InChI is InChI=1S/C12H16BrN3/c1-16(8-3-2-4-8)9-5-6-10(12(14)15)11(13)7-9/h5-8H,2-4H2,1H3,(H3,14,15). The van der Waals surface area contributed by atoms with Crippen molar-refractivity contribution in [3.05, 3.63) is 28.2 Å². The van der Waals surface area contributed by atoms with Gasteiger partial charge in [-0.15, -0.1) is 0 Å². The highest BCUT2D eigenvalue weighted by atomic mass is 79.9. The zero-order valence-corrected chi connectivity index (χ0v) is 10.9. The van der Waals surface area contributed by atoms with Gasteiger partial charge < -0.3 is 10.6 Å². The maximum absolute atomic E-state index is 7.42. The third kappa shape index (κ3) is 2.07. The molecular formula is C12H16BrN3. The lowest BCUT2D eigenvalue weighted by Gasteiger charge is -2.36. The molecule has 0 heterocycles. The third-order valence-electron chi connectivity index (χ3n) is 3.27. The van der Waals surface area contributed by atoms with Crippen LogP contribution >= 0.6 is 15.9 Å². The van der Waals surface area contributed by atoms with E-state index in [-0.39, 0.29) is 5.84 Å². The third-order valence-corrected chi connectivity index (χ3v) is 3.93. The fraction of sp³-hybridized carbons (Fsp3) is 0.417. The van der Waals surface area contributed by atoms with Crippen LogP contribution < -0.4 is 10.6 Å². The lowest BCUT2D eigenvalue weighted by atomic mass is 9.91. The zero-order valence-electron chi connectivity index (χ0n) is 9.33. The predicted molar refractivity (Wildman–Crippen MR) is 71.2 cm³/mol. The Kier molecular flexibility index (Phi) is 3.19. The van der Waals surface area contributed by atoms with E-state index in [9.17, 15) is 0 Å². The minimum Gasteiger partial charge on any atom is -0.384 e. The van der Waals surface area contributed by atoms with E-state index in [1.165, 1.54) is 24.9 Å². The summed E-state index contributed by atoms with van der Waals surface area (Å²) in [5, 5.41) is 7.42. The van der Waals surface area contributed by atoms with E-state index in [2.05, 4.69) is 27.9 Å². The molecule has 0 bridgehead atoms. The summed E-state index contributed by atoms with van der Waals surface area (Å²) in [7, 11) is 2.12. The Morgan fingerprint density at radius 2 is 2.19 bits per heavy atom. The second-order valence-electron chi connectivity index (χ2n) is 4.27. The van der Waals surface area contributed by atoms with E-state index in [1.54, 1.807) is 0 Å². The number of nitrogen functional groups attached to an aromatic ring is 1. The van der Waals surface area contributed by atoms with Crippen molar-refractivity contribution < 1.29 is 0 Å². The fourth-order valence-corrected chi connectivity index (χ4v) is 2.51. The molecule has 3 N–H and O–H groups in total. The number of amidine groups is 1. The normalized spacial score (nSPS) is 15.6. The molecule has 1 aliphatic carbocycles. The Morgan fingerprint density at radius 3 is 2.62 bits per heavy atom. The molecule has 0 atom stereocenters. The number of anilines is 1. The Hall–Kier alpha value is -1.03. The molecule has 0 aromatic heterocycles. The van der Waals surface area contributed by atoms with Crippen molar-refractivity contribution in [2.24, 2.45) is 5.73 Å². The molecule has 1 aliphatic rings. The Bertz CT molecular complexity index is 413. The molecule has 0 unspecified atom stereocenters. The number of rotatable bonds is 3.